The van der Waals surface area contributed by atoms with Gasteiger partial charge in [-0.2, -0.15) is 0 Å². The molecule has 26 heavy (non-hydrogen) atoms. The number of pyridine rings is 1. The molecule has 0 saturated carbocycles. The summed E-state index contributed by atoms with van der Waals surface area (Å²) in [7, 11) is 0. The lowest BCUT2D eigenvalue weighted by Crippen LogP contribution is -2.42. The van der Waals surface area contributed by atoms with E-state index in [1.165, 1.54) is 26.1 Å². The normalized spacial score (nSPS) is 12.6. The van der Waals surface area contributed by atoms with Crippen molar-refractivity contribution in [1.82, 2.24) is 10.3 Å². The van der Waals surface area contributed by atoms with Crippen molar-refractivity contribution in [2.45, 2.75) is 26.0 Å². The van der Waals surface area contributed by atoms with Crippen molar-refractivity contribution in [2.75, 3.05) is 5.32 Å². The number of anilines is 1. The molecular formula is C18H18ClN3O4. The Hall–Kier alpha value is -2.93. The van der Waals surface area contributed by atoms with Crippen molar-refractivity contribution < 1.29 is 19.1 Å². The van der Waals surface area contributed by atoms with Gasteiger partial charge in [-0.3, -0.25) is 9.59 Å². The van der Waals surface area contributed by atoms with E-state index in [-0.39, 0.29) is 5.82 Å². The molecule has 0 aliphatic heterocycles. The molecule has 2 rings (SSSR count). The van der Waals surface area contributed by atoms with E-state index in [4.69, 9.17) is 16.3 Å². The van der Waals surface area contributed by atoms with Crippen molar-refractivity contribution in [3.8, 4) is 0 Å². The first-order valence-corrected chi connectivity index (χ1v) is 8.23. The van der Waals surface area contributed by atoms with E-state index in [0.29, 0.717) is 10.6 Å². The van der Waals surface area contributed by atoms with Crippen LogP contribution < -0.4 is 10.6 Å². The summed E-state index contributed by atoms with van der Waals surface area (Å²) in [6.07, 6.45) is 0.325. The van der Waals surface area contributed by atoms with E-state index in [2.05, 4.69) is 15.6 Å². The number of ether oxygens (including phenoxy) is 1. The number of esters is 1. The summed E-state index contributed by atoms with van der Waals surface area (Å²) < 4.78 is 5.09. The lowest BCUT2D eigenvalue weighted by molar-refractivity contribution is -0.154. The number of rotatable bonds is 6. The van der Waals surface area contributed by atoms with Crippen LogP contribution in [0.15, 0.2) is 48.7 Å². The molecule has 0 aliphatic carbocycles. The van der Waals surface area contributed by atoms with E-state index in [9.17, 15) is 14.4 Å². The summed E-state index contributed by atoms with van der Waals surface area (Å²) in [5, 5.41) is 5.47. The van der Waals surface area contributed by atoms with Crippen LogP contribution in [0.1, 0.15) is 24.2 Å². The third-order valence-corrected chi connectivity index (χ3v) is 3.60. The maximum absolute atomic E-state index is 12.1. The van der Waals surface area contributed by atoms with Crippen molar-refractivity contribution in [3.05, 3.63) is 59.2 Å². The van der Waals surface area contributed by atoms with Gasteiger partial charge in [0.2, 0.25) is 0 Å². The van der Waals surface area contributed by atoms with Gasteiger partial charge >= 0.3 is 5.97 Å². The molecule has 1 aromatic carbocycles. The van der Waals surface area contributed by atoms with Gasteiger partial charge in [0.25, 0.3) is 11.8 Å². The zero-order valence-corrected chi connectivity index (χ0v) is 15.0. The molecule has 7 nitrogen and oxygen atoms in total. The van der Waals surface area contributed by atoms with Crippen molar-refractivity contribution >= 4 is 35.2 Å². The van der Waals surface area contributed by atoms with Gasteiger partial charge in [0.15, 0.2) is 6.10 Å². The van der Waals surface area contributed by atoms with Crippen LogP contribution >= 0.6 is 11.6 Å². The Labute approximate surface area is 155 Å². The van der Waals surface area contributed by atoms with E-state index in [1.54, 1.807) is 36.4 Å². The molecule has 0 radical (unpaired) electrons. The average Bonchev–Trinajstić information content (AvgIpc) is 2.64. The quantitative estimate of drug-likeness (QED) is 0.756. The highest BCUT2D eigenvalue weighted by Crippen LogP contribution is 2.10. The predicted molar refractivity (Wildman–Crippen MR) is 96.8 cm³/mol. The van der Waals surface area contributed by atoms with Gasteiger partial charge in [-0.25, -0.2) is 9.78 Å². The summed E-state index contributed by atoms with van der Waals surface area (Å²) in [5.74, 6) is -1.39. The topological polar surface area (TPSA) is 97.4 Å². The van der Waals surface area contributed by atoms with Gasteiger partial charge in [-0.05, 0) is 38.1 Å². The number of nitrogens with zero attached hydrogens (tertiary/aromatic N) is 1. The lowest BCUT2D eigenvalue weighted by Gasteiger charge is -2.17. The molecule has 0 fully saturated rings. The SMILES string of the molecule is CC(OC(=O)[C@H](C)NC(=O)c1ccccc1)C(=O)Nc1ccc(Cl)cn1. The number of nitrogens with one attached hydrogen (secondary N) is 2. The zero-order valence-electron chi connectivity index (χ0n) is 14.2. The molecule has 2 atom stereocenters. The van der Waals surface area contributed by atoms with Gasteiger partial charge in [-0.15, -0.1) is 0 Å². The molecule has 0 aliphatic rings. The van der Waals surface area contributed by atoms with E-state index in [0.717, 1.165) is 0 Å². The Morgan fingerprint density at radius 3 is 2.38 bits per heavy atom. The van der Waals surface area contributed by atoms with E-state index < -0.39 is 29.9 Å². The maximum Gasteiger partial charge on any atom is 0.329 e. The molecule has 1 unspecified atom stereocenters. The summed E-state index contributed by atoms with van der Waals surface area (Å²) in [6, 6.07) is 10.7. The molecule has 2 amide bonds. The van der Waals surface area contributed by atoms with Crippen molar-refractivity contribution in [3.63, 3.8) is 0 Å². The van der Waals surface area contributed by atoms with Crippen LogP contribution in [0.4, 0.5) is 5.82 Å². The molecule has 2 N–H and O–H groups in total. The Morgan fingerprint density at radius 1 is 1.08 bits per heavy atom. The minimum Gasteiger partial charge on any atom is -0.451 e. The van der Waals surface area contributed by atoms with E-state index >= 15 is 0 Å². The minimum absolute atomic E-state index is 0.285. The first-order chi connectivity index (χ1) is 12.4. The Balaban J connectivity index is 1.86. The molecule has 8 heteroatoms. The number of amides is 2. The van der Waals surface area contributed by atoms with Gasteiger partial charge in [0, 0.05) is 11.8 Å². The number of hydrogen-bond acceptors (Lipinski definition) is 5. The van der Waals surface area contributed by atoms with Crippen LogP contribution in [0, 0.1) is 0 Å². The number of carbonyl (C=O) groups is 3. The smallest absolute Gasteiger partial charge is 0.329 e. The zero-order chi connectivity index (χ0) is 19.1. The summed E-state index contributed by atoms with van der Waals surface area (Å²) in [4.78, 5) is 40.1. The van der Waals surface area contributed by atoms with Crippen LogP contribution in [0.5, 0.6) is 0 Å². The van der Waals surface area contributed by atoms with Gasteiger partial charge in [0.1, 0.15) is 11.9 Å². The highest BCUT2D eigenvalue weighted by atomic mass is 35.5. The minimum atomic E-state index is -1.06. The van der Waals surface area contributed by atoms with Crippen LogP contribution in [0.2, 0.25) is 5.02 Å². The first-order valence-electron chi connectivity index (χ1n) is 7.85. The van der Waals surface area contributed by atoms with Gasteiger partial charge < -0.3 is 15.4 Å². The van der Waals surface area contributed by atoms with Gasteiger partial charge in [-0.1, -0.05) is 29.8 Å². The summed E-state index contributed by atoms with van der Waals surface area (Å²) in [6.45, 7) is 2.91. The predicted octanol–water partition coefficient (Wildman–Crippen LogP) is 2.42. The largest absolute Gasteiger partial charge is 0.451 e. The molecule has 0 spiro atoms. The third-order valence-electron chi connectivity index (χ3n) is 3.38. The van der Waals surface area contributed by atoms with Crippen LogP contribution in [-0.2, 0) is 14.3 Å². The number of carbonyl (C=O) groups excluding carboxylic acids is 3. The van der Waals surface area contributed by atoms with Crippen molar-refractivity contribution in [1.29, 1.82) is 0 Å². The maximum atomic E-state index is 12.1. The third kappa shape index (κ3) is 5.56. The Bertz CT molecular complexity index is 781. The second-order valence-corrected chi connectivity index (χ2v) is 5.93. The molecule has 136 valence electrons. The molecule has 0 bridgehead atoms. The second-order valence-electron chi connectivity index (χ2n) is 5.49. The van der Waals surface area contributed by atoms with Gasteiger partial charge in [0.05, 0.1) is 5.02 Å². The number of aromatic nitrogens is 1. The van der Waals surface area contributed by atoms with Crippen molar-refractivity contribution in [2.24, 2.45) is 0 Å². The first kappa shape index (κ1) is 19.4. The lowest BCUT2D eigenvalue weighted by atomic mass is 10.2. The second kappa shape index (κ2) is 8.96. The molecule has 1 heterocycles. The highest BCUT2D eigenvalue weighted by Gasteiger charge is 2.23. The fraction of sp³-hybridized carbons (Fsp3) is 0.222. The Kier molecular flexibility index (Phi) is 6.68. The fourth-order valence-corrected chi connectivity index (χ4v) is 2.05. The Morgan fingerprint density at radius 2 is 1.77 bits per heavy atom. The summed E-state index contributed by atoms with van der Waals surface area (Å²) >= 11 is 5.72. The monoisotopic (exact) mass is 375 g/mol. The number of hydrogen-bond donors (Lipinski definition) is 2. The molecule has 0 saturated heterocycles. The molecule has 2 aromatic rings. The summed E-state index contributed by atoms with van der Waals surface area (Å²) in [5.41, 5.74) is 0.423. The highest BCUT2D eigenvalue weighted by molar-refractivity contribution is 6.30. The molecular weight excluding hydrogens is 358 g/mol. The average molecular weight is 376 g/mol. The number of halogens is 1. The van der Waals surface area contributed by atoms with Crippen LogP contribution in [0.3, 0.4) is 0 Å². The van der Waals surface area contributed by atoms with E-state index in [1.807, 2.05) is 0 Å². The fourth-order valence-electron chi connectivity index (χ4n) is 1.94. The molecule has 1 aromatic heterocycles. The van der Waals surface area contributed by atoms with Crippen LogP contribution in [-0.4, -0.2) is 34.9 Å². The standard InChI is InChI=1S/C18H18ClN3O4/c1-11(21-17(24)13-6-4-3-5-7-13)18(25)26-12(2)16(23)22-15-9-8-14(19)10-20-15/h3-12H,1-2H3,(H,21,24)(H,20,22,23)/t11-,12?/m0/s1. The van der Waals surface area contributed by atoms with Crippen LogP contribution in [0.25, 0.3) is 0 Å². The number of benzene rings is 1.